The van der Waals surface area contributed by atoms with Crippen molar-refractivity contribution < 1.29 is 5.21 Å². The van der Waals surface area contributed by atoms with Crippen LogP contribution in [0.1, 0.15) is 33.6 Å². The highest BCUT2D eigenvalue weighted by Gasteiger charge is 2.35. The SMILES string of the molecule is CCC1(CC)N=C(C)C(=NO)S1. The third-order valence-electron chi connectivity index (χ3n) is 2.16. The molecule has 0 aromatic carbocycles. The van der Waals surface area contributed by atoms with Gasteiger partial charge in [-0.25, -0.2) is 0 Å². The molecule has 1 aliphatic heterocycles. The molecule has 3 nitrogen and oxygen atoms in total. The molecule has 0 aliphatic carbocycles. The van der Waals surface area contributed by atoms with Gasteiger partial charge in [-0.2, -0.15) is 0 Å². The second kappa shape index (κ2) is 3.47. The number of nitrogens with zero attached hydrogens (tertiary/aromatic N) is 2. The Morgan fingerprint density at radius 2 is 2.08 bits per heavy atom. The number of rotatable bonds is 2. The number of aliphatic imine (C=N–C) groups is 1. The summed E-state index contributed by atoms with van der Waals surface area (Å²) >= 11 is 1.56. The highest BCUT2D eigenvalue weighted by Crippen LogP contribution is 2.40. The summed E-state index contributed by atoms with van der Waals surface area (Å²) in [6, 6.07) is 0. The summed E-state index contributed by atoms with van der Waals surface area (Å²) in [5.41, 5.74) is 0.853. The highest BCUT2D eigenvalue weighted by atomic mass is 32.2. The standard InChI is InChI=1S/C8H14N2OS/c1-4-8(5-2)9-6(3)7(10-11)12-8/h11H,4-5H2,1-3H3. The van der Waals surface area contributed by atoms with Gasteiger partial charge < -0.3 is 5.21 Å². The summed E-state index contributed by atoms with van der Waals surface area (Å²) in [6.45, 7) is 6.09. The Kier molecular flexibility index (Phi) is 2.77. The van der Waals surface area contributed by atoms with Crippen molar-refractivity contribution in [3.05, 3.63) is 0 Å². The van der Waals surface area contributed by atoms with E-state index in [2.05, 4.69) is 24.0 Å². The number of hydrogen-bond donors (Lipinski definition) is 1. The molecule has 0 unspecified atom stereocenters. The van der Waals surface area contributed by atoms with E-state index >= 15 is 0 Å². The fourth-order valence-corrected chi connectivity index (χ4v) is 2.34. The number of thioether (sulfide) groups is 1. The minimum atomic E-state index is -0.0638. The molecule has 1 aliphatic rings. The van der Waals surface area contributed by atoms with Gasteiger partial charge in [-0.15, -0.1) is 0 Å². The Morgan fingerprint density at radius 1 is 1.50 bits per heavy atom. The summed E-state index contributed by atoms with van der Waals surface area (Å²) < 4.78 is 0. The smallest absolute Gasteiger partial charge is 0.158 e. The molecule has 4 heteroatoms. The van der Waals surface area contributed by atoms with Gasteiger partial charge in [-0.3, -0.25) is 4.99 Å². The Balaban J connectivity index is 2.89. The summed E-state index contributed by atoms with van der Waals surface area (Å²) in [6.07, 6.45) is 1.95. The fourth-order valence-electron chi connectivity index (χ4n) is 1.28. The van der Waals surface area contributed by atoms with Crippen molar-refractivity contribution in [3.63, 3.8) is 0 Å². The van der Waals surface area contributed by atoms with E-state index in [1.807, 2.05) is 6.92 Å². The molecule has 0 saturated heterocycles. The van der Waals surface area contributed by atoms with Crippen LogP contribution in [-0.2, 0) is 0 Å². The molecule has 12 heavy (non-hydrogen) atoms. The van der Waals surface area contributed by atoms with Crippen LogP contribution in [0.25, 0.3) is 0 Å². The highest BCUT2D eigenvalue weighted by molar-refractivity contribution is 8.17. The first-order valence-corrected chi connectivity index (χ1v) is 4.97. The predicted molar refractivity (Wildman–Crippen MR) is 53.2 cm³/mol. The van der Waals surface area contributed by atoms with Crippen LogP contribution in [0.5, 0.6) is 0 Å². The summed E-state index contributed by atoms with van der Waals surface area (Å²) in [5.74, 6) is 0. The van der Waals surface area contributed by atoms with Crippen LogP contribution in [0, 0.1) is 0 Å². The molecule has 0 amide bonds. The maximum atomic E-state index is 8.65. The Bertz CT molecular complexity index is 231. The van der Waals surface area contributed by atoms with Gasteiger partial charge in [-0.1, -0.05) is 30.8 Å². The molecule has 1 heterocycles. The normalized spacial score (nSPS) is 24.6. The Morgan fingerprint density at radius 3 is 2.33 bits per heavy atom. The lowest BCUT2D eigenvalue weighted by Gasteiger charge is -2.19. The Labute approximate surface area is 77.0 Å². The number of hydrogen-bond acceptors (Lipinski definition) is 4. The molecule has 0 aromatic heterocycles. The lowest BCUT2D eigenvalue weighted by atomic mass is 10.2. The van der Waals surface area contributed by atoms with Crippen molar-refractivity contribution in [3.8, 4) is 0 Å². The van der Waals surface area contributed by atoms with E-state index in [1.165, 1.54) is 0 Å². The maximum Gasteiger partial charge on any atom is 0.158 e. The average molecular weight is 186 g/mol. The van der Waals surface area contributed by atoms with Gasteiger partial charge in [0, 0.05) is 0 Å². The quantitative estimate of drug-likeness (QED) is 0.532. The molecule has 0 atom stereocenters. The van der Waals surface area contributed by atoms with Crippen LogP contribution < -0.4 is 0 Å². The first-order chi connectivity index (χ1) is 5.67. The zero-order valence-corrected chi connectivity index (χ0v) is 8.48. The van der Waals surface area contributed by atoms with Crippen LogP contribution in [0.15, 0.2) is 10.1 Å². The maximum absolute atomic E-state index is 8.65. The van der Waals surface area contributed by atoms with E-state index in [9.17, 15) is 0 Å². The van der Waals surface area contributed by atoms with E-state index < -0.39 is 0 Å². The molecular formula is C8H14N2OS. The van der Waals surface area contributed by atoms with Crippen molar-refractivity contribution >= 4 is 22.5 Å². The summed E-state index contributed by atoms with van der Waals surface area (Å²) in [4.78, 5) is 4.43. The average Bonchev–Trinajstić information content (AvgIpc) is 2.43. The fraction of sp³-hybridized carbons (Fsp3) is 0.750. The lowest BCUT2D eigenvalue weighted by molar-refractivity contribution is 0.321. The second-order valence-corrected chi connectivity index (χ2v) is 4.21. The molecule has 0 spiro atoms. The monoisotopic (exact) mass is 186 g/mol. The van der Waals surface area contributed by atoms with Gasteiger partial charge in [0.2, 0.25) is 0 Å². The molecule has 1 rings (SSSR count). The van der Waals surface area contributed by atoms with Crippen LogP contribution in [0.4, 0.5) is 0 Å². The first kappa shape index (κ1) is 9.58. The van der Waals surface area contributed by atoms with Gasteiger partial charge in [0.25, 0.3) is 0 Å². The van der Waals surface area contributed by atoms with Gasteiger partial charge in [-0.05, 0) is 19.8 Å². The van der Waals surface area contributed by atoms with Crippen molar-refractivity contribution in [2.45, 2.75) is 38.5 Å². The van der Waals surface area contributed by atoms with Gasteiger partial charge in [0.1, 0.15) is 4.87 Å². The van der Waals surface area contributed by atoms with Crippen LogP contribution in [-0.4, -0.2) is 20.8 Å². The second-order valence-electron chi connectivity index (χ2n) is 2.86. The van der Waals surface area contributed by atoms with Crippen molar-refractivity contribution in [1.82, 2.24) is 0 Å². The van der Waals surface area contributed by atoms with Crippen molar-refractivity contribution in [1.29, 1.82) is 0 Å². The predicted octanol–water partition coefficient (Wildman–Crippen LogP) is 2.50. The third-order valence-corrected chi connectivity index (χ3v) is 3.78. The molecular weight excluding hydrogens is 172 g/mol. The first-order valence-electron chi connectivity index (χ1n) is 4.15. The van der Waals surface area contributed by atoms with E-state index in [0.29, 0.717) is 5.04 Å². The van der Waals surface area contributed by atoms with Crippen LogP contribution in [0.2, 0.25) is 0 Å². The molecule has 0 bridgehead atoms. The third kappa shape index (κ3) is 1.48. The molecule has 0 radical (unpaired) electrons. The van der Waals surface area contributed by atoms with Crippen molar-refractivity contribution in [2.24, 2.45) is 10.1 Å². The molecule has 1 N–H and O–H groups in total. The van der Waals surface area contributed by atoms with Gasteiger partial charge in [0.15, 0.2) is 5.04 Å². The minimum absolute atomic E-state index is 0.0638. The molecule has 0 fully saturated rings. The van der Waals surface area contributed by atoms with Crippen LogP contribution in [0.3, 0.4) is 0 Å². The van der Waals surface area contributed by atoms with Gasteiger partial charge in [0.05, 0.1) is 5.71 Å². The van der Waals surface area contributed by atoms with E-state index in [1.54, 1.807) is 11.8 Å². The van der Waals surface area contributed by atoms with E-state index in [0.717, 1.165) is 18.6 Å². The minimum Gasteiger partial charge on any atom is -0.410 e. The van der Waals surface area contributed by atoms with E-state index in [-0.39, 0.29) is 4.87 Å². The van der Waals surface area contributed by atoms with Gasteiger partial charge >= 0.3 is 0 Å². The molecule has 0 saturated carbocycles. The zero-order chi connectivity index (χ0) is 9.19. The largest absolute Gasteiger partial charge is 0.410 e. The molecule has 0 aromatic rings. The lowest BCUT2D eigenvalue weighted by Crippen LogP contribution is -2.16. The van der Waals surface area contributed by atoms with E-state index in [4.69, 9.17) is 5.21 Å². The summed E-state index contributed by atoms with van der Waals surface area (Å²) in [5, 5.41) is 12.5. The van der Waals surface area contributed by atoms with Crippen molar-refractivity contribution in [2.75, 3.05) is 0 Å². The topological polar surface area (TPSA) is 45.0 Å². The Hall–Kier alpha value is -0.510. The van der Waals surface area contributed by atoms with Crippen LogP contribution >= 0.6 is 11.8 Å². The summed E-state index contributed by atoms with van der Waals surface area (Å²) in [7, 11) is 0. The number of oxime groups is 1. The zero-order valence-electron chi connectivity index (χ0n) is 7.66. The molecule has 68 valence electrons.